The molecule has 0 bridgehead atoms. The van der Waals surface area contributed by atoms with Gasteiger partial charge in [-0.1, -0.05) is 95.1 Å². The van der Waals surface area contributed by atoms with Crippen LogP contribution in [0.4, 0.5) is 11.4 Å². The van der Waals surface area contributed by atoms with Gasteiger partial charge in [0.2, 0.25) is 0 Å². The minimum absolute atomic E-state index is 0.00612. The number of nitrogens with two attached hydrogens (primary N) is 1. The maximum Gasteiger partial charge on any atom is 0.133 e. The van der Waals surface area contributed by atoms with Gasteiger partial charge in [0.05, 0.1) is 6.54 Å². The molecule has 2 nitrogen and oxygen atoms in total. The van der Waals surface area contributed by atoms with Crippen molar-refractivity contribution in [1.82, 2.24) is 0 Å². The van der Waals surface area contributed by atoms with Gasteiger partial charge in [0, 0.05) is 40.0 Å². The van der Waals surface area contributed by atoms with Gasteiger partial charge in [-0.05, 0) is 62.4 Å². The normalized spacial score (nSPS) is 16.2. The van der Waals surface area contributed by atoms with Crippen molar-refractivity contribution in [2.24, 2.45) is 0 Å². The van der Waals surface area contributed by atoms with Crippen molar-refractivity contribution >= 4 is 23.0 Å². The Labute approximate surface area is 219 Å². The summed E-state index contributed by atoms with van der Waals surface area (Å²) in [4.78, 5) is 2.44. The highest BCUT2D eigenvalue weighted by atomic mass is 35.5. The molecule has 0 radical (unpaired) electrons. The van der Waals surface area contributed by atoms with Crippen LogP contribution in [-0.4, -0.2) is 13.1 Å². The van der Waals surface area contributed by atoms with Crippen LogP contribution in [0, 0.1) is 6.92 Å². The number of hydrogen-bond donors (Lipinski definition) is 1. The van der Waals surface area contributed by atoms with Gasteiger partial charge in [0.25, 0.3) is 0 Å². The molecule has 2 aromatic carbocycles. The van der Waals surface area contributed by atoms with E-state index in [2.05, 4.69) is 119 Å². The fourth-order valence-electron chi connectivity index (χ4n) is 4.90. The molecule has 0 atom stereocenters. The molecular weight excluding hydrogens is 448 g/mol. The average Bonchev–Trinajstić information content (AvgIpc) is 3.04. The van der Waals surface area contributed by atoms with Crippen molar-refractivity contribution in [1.29, 1.82) is 0 Å². The summed E-state index contributed by atoms with van der Waals surface area (Å²) in [6.45, 7) is 21.8. The number of hydrogen-bond acceptors (Lipinski definition) is 1. The first-order valence-corrected chi connectivity index (χ1v) is 13.6. The molecule has 3 heteroatoms. The zero-order chi connectivity index (χ0) is 26.2. The molecule has 0 saturated carbocycles. The Morgan fingerprint density at radius 3 is 2.37 bits per heavy atom. The van der Waals surface area contributed by atoms with Crippen LogP contribution in [0.2, 0.25) is 5.02 Å². The van der Waals surface area contributed by atoms with E-state index in [-0.39, 0.29) is 10.8 Å². The molecule has 3 rings (SSSR count). The van der Waals surface area contributed by atoms with Crippen LogP contribution in [0.3, 0.4) is 0 Å². The first-order chi connectivity index (χ1) is 16.6. The average molecular weight is 494 g/mol. The van der Waals surface area contributed by atoms with E-state index in [1.165, 1.54) is 33.8 Å². The Morgan fingerprint density at radius 2 is 1.71 bits per heavy atom. The summed E-state index contributed by atoms with van der Waals surface area (Å²) < 4.78 is 0. The lowest BCUT2D eigenvalue weighted by Gasteiger charge is -2.25. The van der Waals surface area contributed by atoms with E-state index in [1.54, 1.807) is 0 Å². The van der Waals surface area contributed by atoms with Gasteiger partial charge in [-0.3, -0.25) is 0 Å². The number of anilines is 1. The second-order valence-corrected chi connectivity index (χ2v) is 10.6. The molecule has 0 fully saturated rings. The molecule has 0 aliphatic carbocycles. The monoisotopic (exact) mass is 493 g/mol. The number of allylic oxidation sites excluding steroid dienone is 6. The quantitative estimate of drug-likeness (QED) is 0.289. The first kappa shape index (κ1) is 28.9. The fraction of sp³-hybridized carbons (Fsp3) is 0.438. The number of benzene rings is 2. The van der Waals surface area contributed by atoms with Crippen molar-refractivity contribution in [3.05, 3.63) is 94.2 Å². The third-order valence-corrected chi connectivity index (χ3v) is 7.01. The predicted octanol–water partition coefficient (Wildman–Crippen LogP) is 8.37. The molecule has 0 aromatic heterocycles. The minimum Gasteiger partial charge on any atom is -0.344 e. The van der Waals surface area contributed by atoms with Gasteiger partial charge in [0.1, 0.15) is 5.69 Å². The third-order valence-electron chi connectivity index (χ3n) is 6.77. The van der Waals surface area contributed by atoms with E-state index in [0.29, 0.717) is 0 Å². The summed E-state index contributed by atoms with van der Waals surface area (Å²) in [5.74, 6) is 0. The van der Waals surface area contributed by atoms with E-state index in [9.17, 15) is 0 Å². The molecule has 1 aliphatic rings. The van der Waals surface area contributed by atoms with E-state index in [1.807, 2.05) is 19.9 Å². The molecular formula is C32H46ClN2+. The molecule has 0 spiro atoms. The fourth-order valence-corrected chi connectivity index (χ4v) is 5.08. The van der Waals surface area contributed by atoms with Crippen LogP contribution in [0.25, 0.3) is 0 Å². The van der Waals surface area contributed by atoms with Crippen LogP contribution in [0.15, 0.2) is 72.5 Å². The van der Waals surface area contributed by atoms with Crippen molar-refractivity contribution < 1.29 is 5.32 Å². The lowest BCUT2D eigenvalue weighted by Crippen LogP contribution is -2.77. The van der Waals surface area contributed by atoms with Crippen LogP contribution in [0.5, 0.6) is 0 Å². The number of halogens is 1. The van der Waals surface area contributed by atoms with Crippen LogP contribution < -0.4 is 10.2 Å². The van der Waals surface area contributed by atoms with Crippen molar-refractivity contribution in [3.8, 4) is 0 Å². The summed E-state index contributed by atoms with van der Waals surface area (Å²) in [5.41, 5.74) is 8.06. The van der Waals surface area contributed by atoms with E-state index in [4.69, 9.17) is 11.6 Å². The Balaban J connectivity index is 0.00000210. The van der Waals surface area contributed by atoms with Gasteiger partial charge in [0.15, 0.2) is 0 Å². The Bertz CT molecular complexity index is 1070. The second-order valence-electron chi connectivity index (χ2n) is 10.2. The lowest BCUT2D eigenvalue weighted by molar-refractivity contribution is -0.568. The molecule has 0 saturated heterocycles. The van der Waals surface area contributed by atoms with E-state index < -0.39 is 0 Å². The van der Waals surface area contributed by atoms with Gasteiger partial charge in [-0.25, -0.2) is 0 Å². The molecule has 1 aliphatic heterocycles. The van der Waals surface area contributed by atoms with Gasteiger partial charge >= 0.3 is 0 Å². The zero-order valence-corrected chi connectivity index (χ0v) is 24.1. The summed E-state index contributed by atoms with van der Waals surface area (Å²) in [6, 6.07) is 13.1. The molecule has 35 heavy (non-hydrogen) atoms. The summed E-state index contributed by atoms with van der Waals surface area (Å²) in [7, 11) is 0. The van der Waals surface area contributed by atoms with E-state index in [0.717, 1.165) is 24.5 Å². The Hall–Kier alpha value is -2.29. The van der Waals surface area contributed by atoms with Crippen molar-refractivity contribution in [3.63, 3.8) is 0 Å². The molecule has 0 amide bonds. The summed E-state index contributed by atoms with van der Waals surface area (Å²) in [5, 5.41) is 3.09. The van der Waals surface area contributed by atoms with Crippen molar-refractivity contribution in [2.75, 3.05) is 18.0 Å². The second kappa shape index (κ2) is 12.6. The van der Waals surface area contributed by atoms with Crippen LogP contribution in [0.1, 0.15) is 78.5 Å². The Morgan fingerprint density at radius 1 is 1.00 bits per heavy atom. The number of fused-ring (bicyclic) bond motifs is 1. The largest absolute Gasteiger partial charge is 0.344 e. The van der Waals surface area contributed by atoms with Gasteiger partial charge < -0.3 is 10.2 Å². The topological polar surface area (TPSA) is 19.9 Å². The Kier molecular flexibility index (Phi) is 10.4. The number of rotatable bonds is 8. The standard InChI is InChI=1S/C30H39ClN2.C2H6/c1-8-32-26-17-16-23(31)21-24(26)29(4,5)19-13-11-10-12-14-28-30(6,7)25-20-22(3)15-18-27(25)33(28)9-2;1-2/h10-18,20-21,32H,8-9,19H2,1-7H3;1-2H3/p+1/b12-10+,13-11+,28-14+;. The van der Waals surface area contributed by atoms with Crippen molar-refractivity contribution in [2.45, 2.75) is 79.6 Å². The highest BCUT2D eigenvalue weighted by Crippen LogP contribution is 2.47. The van der Waals surface area contributed by atoms with Crippen LogP contribution in [-0.2, 0) is 10.8 Å². The summed E-state index contributed by atoms with van der Waals surface area (Å²) >= 11 is 6.32. The highest BCUT2D eigenvalue weighted by molar-refractivity contribution is 6.30. The highest BCUT2D eigenvalue weighted by Gasteiger charge is 2.39. The van der Waals surface area contributed by atoms with E-state index >= 15 is 0 Å². The lowest BCUT2D eigenvalue weighted by atomic mass is 9.80. The van der Waals surface area contributed by atoms with Gasteiger partial charge in [-0.15, -0.1) is 0 Å². The third kappa shape index (κ3) is 6.68. The molecule has 0 unspecified atom stereocenters. The smallest absolute Gasteiger partial charge is 0.133 e. The summed E-state index contributed by atoms with van der Waals surface area (Å²) in [6.07, 6.45) is 12.0. The molecule has 190 valence electrons. The number of nitrogens with zero attached hydrogens (tertiary/aromatic N) is 1. The maximum absolute atomic E-state index is 6.32. The zero-order valence-electron chi connectivity index (χ0n) is 23.4. The minimum atomic E-state index is 0.00612. The maximum atomic E-state index is 6.32. The van der Waals surface area contributed by atoms with Crippen LogP contribution >= 0.6 is 11.6 Å². The number of quaternary nitrogens is 1. The molecule has 2 N–H and O–H groups in total. The molecule has 1 heterocycles. The number of aryl methyl sites for hydroxylation is 1. The van der Waals surface area contributed by atoms with Gasteiger partial charge in [-0.2, -0.15) is 0 Å². The molecule has 2 aromatic rings. The SMILES string of the molecule is CC.CC[NH2+]c1ccc(Cl)cc1C(C)(C)C/C=C/C=C/C=C1/N(CC)c2ccc(C)cc2C1(C)C. The number of likely N-dealkylation sites (N-methyl/N-ethyl adjacent to an activating group) is 1. The predicted molar refractivity (Wildman–Crippen MR) is 156 cm³/mol. The first-order valence-electron chi connectivity index (χ1n) is 13.2.